The summed E-state index contributed by atoms with van der Waals surface area (Å²) in [6.45, 7) is -0.520. The van der Waals surface area contributed by atoms with E-state index in [1.54, 1.807) is 30.3 Å². The Kier molecular flexibility index (Phi) is 5.56. The van der Waals surface area contributed by atoms with Gasteiger partial charge < -0.3 is 36.2 Å². The molecule has 0 amide bonds. The van der Waals surface area contributed by atoms with Gasteiger partial charge in [-0.15, -0.1) is 11.3 Å². The lowest BCUT2D eigenvalue weighted by Crippen LogP contribution is -2.60. The van der Waals surface area contributed by atoms with Crippen molar-refractivity contribution in [3.63, 3.8) is 0 Å². The van der Waals surface area contributed by atoms with Crippen LogP contribution < -0.4 is 11.1 Å². The molecule has 5 atom stereocenters. The molecule has 2 aromatic rings. The smallest absolute Gasteiger partial charge is 0.205 e. The summed E-state index contributed by atoms with van der Waals surface area (Å²) in [5, 5.41) is 42.2. The number of aliphatic hydroxyl groups excluding tert-OH is 4. The zero-order chi connectivity index (χ0) is 18.8. The Morgan fingerprint density at radius 1 is 1.15 bits per heavy atom. The third-order valence-electron chi connectivity index (χ3n) is 4.18. The monoisotopic (exact) mass is 380 g/mol. The Hall–Kier alpha value is -2.01. The summed E-state index contributed by atoms with van der Waals surface area (Å²) in [4.78, 5) is 12.9. The van der Waals surface area contributed by atoms with Gasteiger partial charge in [-0.3, -0.25) is 4.79 Å². The molecule has 0 aliphatic carbocycles. The molecule has 0 radical (unpaired) electrons. The second-order valence-corrected chi connectivity index (χ2v) is 7.04. The molecule has 7 N–H and O–H groups in total. The predicted molar refractivity (Wildman–Crippen MR) is 96.0 cm³/mol. The highest BCUT2D eigenvalue weighted by Crippen LogP contribution is 2.33. The molecule has 0 saturated carbocycles. The molecule has 26 heavy (non-hydrogen) atoms. The Morgan fingerprint density at radius 3 is 2.50 bits per heavy atom. The van der Waals surface area contributed by atoms with Crippen LogP contribution >= 0.6 is 11.3 Å². The fourth-order valence-electron chi connectivity index (χ4n) is 2.74. The van der Waals surface area contributed by atoms with Crippen molar-refractivity contribution < 1.29 is 30.0 Å². The second kappa shape index (κ2) is 7.70. The molecule has 140 valence electrons. The highest BCUT2D eigenvalue weighted by atomic mass is 32.1. The zero-order valence-corrected chi connectivity index (χ0v) is 14.5. The van der Waals surface area contributed by atoms with Crippen LogP contribution in [-0.4, -0.2) is 63.5 Å². The van der Waals surface area contributed by atoms with Crippen LogP contribution in [0, 0.1) is 0 Å². The summed E-state index contributed by atoms with van der Waals surface area (Å²) in [6.07, 6.45) is -6.45. The number of benzene rings is 1. The molecule has 1 saturated heterocycles. The SMILES string of the molecule is Nc1cc(N[C@@H]2O[C@H](CO)[C@@H](O)[C@H](O)[C@H]2O)sc1C(=O)c1ccccc1. The largest absolute Gasteiger partial charge is 0.397 e. The maximum absolute atomic E-state index is 12.5. The molecule has 1 aliphatic rings. The predicted octanol–water partition coefficient (Wildman–Crippen LogP) is -0.227. The molecule has 9 heteroatoms. The Labute approximate surface area is 153 Å². The van der Waals surface area contributed by atoms with Crippen molar-refractivity contribution in [3.8, 4) is 0 Å². The summed E-state index contributed by atoms with van der Waals surface area (Å²) in [5.41, 5.74) is 6.71. The van der Waals surface area contributed by atoms with Crippen LogP contribution in [0.2, 0.25) is 0 Å². The average Bonchev–Trinajstić information content (AvgIpc) is 3.02. The molecule has 1 aromatic heterocycles. The number of rotatable bonds is 5. The Bertz CT molecular complexity index is 766. The maximum atomic E-state index is 12.5. The van der Waals surface area contributed by atoms with E-state index in [0.29, 0.717) is 15.4 Å². The fraction of sp³-hybridized carbons (Fsp3) is 0.353. The lowest BCUT2D eigenvalue weighted by molar-refractivity contribution is -0.221. The van der Waals surface area contributed by atoms with Crippen molar-refractivity contribution in [2.75, 3.05) is 17.7 Å². The second-order valence-electron chi connectivity index (χ2n) is 5.98. The lowest BCUT2D eigenvalue weighted by atomic mass is 9.98. The van der Waals surface area contributed by atoms with Gasteiger partial charge in [-0.25, -0.2) is 0 Å². The lowest BCUT2D eigenvalue weighted by Gasteiger charge is -2.40. The van der Waals surface area contributed by atoms with Crippen molar-refractivity contribution in [2.24, 2.45) is 0 Å². The minimum absolute atomic E-state index is 0.227. The van der Waals surface area contributed by atoms with Gasteiger partial charge in [0.2, 0.25) is 5.78 Å². The van der Waals surface area contributed by atoms with E-state index < -0.39 is 37.3 Å². The van der Waals surface area contributed by atoms with Crippen molar-refractivity contribution in [3.05, 3.63) is 46.8 Å². The minimum Gasteiger partial charge on any atom is -0.397 e. The first-order valence-electron chi connectivity index (χ1n) is 7.98. The third kappa shape index (κ3) is 3.58. The number of thiophene rings is 1. The van der Waals surface area contributed by atoms with Crippen LogP contribution in [0.25, 0.3) is 0 Å². The Balaban J connectivity index is 1.78. The van der Waals surface area contributed by atoms with Gasteiger partial charge in [0.15, 0.2) is 6.23 Å². The van der Waals surface area contributed by atoms with Crippen LogP contribution in [0.5, 0.6) is 0 Å². The highest BCUT2D eigenvalue weighted by molar-refractivity contribution is 7.18. The zero-order valence-electron chi connectivity index (χ0n) is 13.6. The van der Waals surface area contributed by atoms with E-state index in [2.05, 4.69) is 5.32 Å². The van der Waals surface area contributed by atoms with E-state index in [1.807, 2.05) is 0 Å². The van der Waals surface area contributed by atoms with Gasteiger partial charge in [0.1, 0.15) is 29.3 Å². The van der Waals surface area contributed by atoms with Gasteiger partial charge in [-0.05, 0) is 6.07 Å². The summed E-state index contributed by atoms with van der Waals surface area (Å²) < 4.78 is 5.39. The summed E-state index contributed by atoms with van der Waals surface area (Å²) in [6, 6.07) is 10.2. The van der Waals surface area contributed by atoms with Crippen LogP contribution in [0.1, 0.15) is 15.2 Å². The van der Waals surface area contributed by atoms with Crippen molar-refractivity contribution in [1.29, 1.82) is 0 Å². The van der Waals surface area contributed by atoms with Gasteiger partial charge in [-0.1, -0.05) is 30.3 Å². The van der Waals surface area contributed by atoms with E-state index in [4.69, 9.17) is 10.5 Å². The highest BCUT2D eigenvalue weighted by Gasteiger charge is 2.43. The number of ketones is 1. The number of anilines is 2. The standard InChI is InChI=1S/C17H20N2O6S/c18-9-6-11(26-16(9)12(21)8-4-2-1-3-5-8)19-17-15(24)14(23)13(22)10(7-20)25-17/h1-6,10,13-15,17,19-20,22-24H,7,18H2/t10-,13-,14+,15-,17-/m1/s1. The van der Waals surface area contributed by atoms with E-state index in [-0.39, 0.29) is 11.5 Å². The quantitative estimate of drug-likeness (QED) is 0.390. The molecule has 3 rings (SSSR count). The topological polar surface area (TPSA) is 145 Å². The van der Waals surface area contributed by atoms with Gasteiger partial charge in [0.05, 0.1) is 17.3 Å². The van der Waals surface area contributed by atoms with E-state index in [1.165, 1.54) is 6.07 Å². The molecule has 1 fully saturated rings. The van der Waals surface area contributed by atoms with Crippen LogP contribution in [0.3, 0.4) is 0 Å². The van der Waals surface area contributed by atoms with Crippen molar-refractivity contribution in [2.45, 2.75) is 30.6 Å². The molecule has 2 heterocycles. The minimum atomic E-state index is -1.49. The third-order valence-corrected chi connectivity index (χ3v) is 5.26. The molecule has 0 bridgehead atoms. The first-order chi connectivity index (χ1) is 12.4. The van der Waals surface area contributed by atoms with E-state index in [0.717, 1.165) is 11.3 Å². The Morgan fingerprint density at radius 2 is 1.85 bits per heavy atom. The molecule has 1 aromatic carbocycles. The molecule has 1 aliphatic heterocycles. The molecule has 0 unspecified atom stereocenters. The number of hydrogen-bond acceptors (Lipinski definition) is 9. The van der Waals surface area contributed by atoms with Gasteiger partial charge >= 0.3 is 0 Å². The van der Waals surface area contributed by atoms with Crippen LogP contribution in [0.15, 0.2) is 36.4 Å². The number of nitrogens with one attached hydrogen (secondary N) is 1. The average molecular weight is 380 g/mol. The van der Waals surface area contributed by atoms with E-state index >= 15 is 0 Å². The number of nitrogen functional groups attached to an aromatic ring is 1. The summed E-state index contributed by atoms with van der Waals surface area (Å²) in [7, 11) is 0. The number of carbonyl (C=O) groups is 1. The molecular formula is C17H20N2O6S. The van der Waals surface area contributed by atoms with Gasteiger partial charge in [0, 0.05) is 5.56 Å². The first-order valence-corrected chi connectivity index (χ1v) is 8.80. The number of aliphatic hydroxyl groups is 4. The number of carbonyl (C=O) groups excluding carboxylic acids is 1. The van der Waals surface area contributed by atoms with Gasteiger partial charge in [0.25, 0.3) is 0 Å². The first kappa shape index (κ1) is 18.8. The van der Waals surface area contributed by atoms with Gasteiger partial charge in [-0.2, -0.15) is 0 Å². The number of nitrogens with two attached hydrogens (primary N) is 1. The summed E-state index contributed by atoms with van der Waals surface area (Å²) >= 11 is 1.09. The van der Waals surface area contributed by atoms with Crippen LogP contribution in [0.4, 0.5) is 10.7 Å². The summed E-state index contributed by atoms with van der Waals surface area (Å²) in [5.74, 6) is -0.227. The van der Waals surface area contributed by atoms with E-state index in [9.17, 15) is 25.2 Å². The van der Waals surface area contributed by atoms with Crippen LogP contribution in [-0.2, 0) is 4.74 Å². The number of hydrogen-bond donors (Lipinski definition) is 6. The van der Waals surface area contributed by atoms with Crippen molar-refractivity contribution in [1.82, 2.24) is 0 Å². The number of ether oxygens (including phenoxy) is 1. The maximum Gasteiger partial charge on any atom is 0.205 e. The van der Waals surface area contributed by atoms with Crippen molar-refractivity contribution >= 4 is 27.8 Å². The molecule has 8 nitrogen and oxygen atoms in total. The fourth-order valence-corrected chi connectivity index (χ4v) is 3.70. The molecule has 0 spiro atoms. The molecular weight excluding hydrogens is 360 g/mol. The normalized spacial score (nSPS) is 28.7.